The largest absolute Gasteiger partial charge is 0.377 e. The molecule has 1 heterocycles. The van der Waals surface area contributed by atoms with Gasteiger partial charge in [-0.25, -0.2) is 13.8 Å². The molecular weight excluding hydrogens is 272 g/mol. The summed E-state index contributed by atoms with van der Waals surface area (Å²) in [6.07, 6.45) is 0. The fourth-order valence-corrected chi connectivity index (χ4v) is 2.21. The van der Waals surface area contributed by atoms with Crippen molar-refractivity contribution in [3.8, 4) is 0 Å². The van der Waals surface area contributed by atoms with E-state index in [-0.39, 0.29) is 6.04 Å². The summed E-state index contributed by atoms with van der Waals surface area (Å²) >= 11 is 1.20. The van der Waals surface area contributed by atoms with E-state index < -0.39 is 11.6 Å². The molecule has 1 aromatic carbocycles. The molecule has 0 aliphatic rings. The number of halogens is 2. The lowest BCUT2D eigenvalue weighted by Gasteiger charge is -2.13. The molecule has 1 unspecified atom stereocenters. The molecule has 0 saturated heterocycles. The third-order valence-electron chi connectivity index (χ3n) is 2.53. The van der Waals surface area contributed by atoms with Crippen molar-refractivity contribution in [3.63, 3.8) is 0 Å². The number of rotatable bonds is 5. The standard InChI is InChI=1S/C12H13F2N3OS/c1-7(8-3-4-9(13)10(14)5-8)15-12-16-11(6-18-2)17-19-12/h3-5,7H,6H2,1-2H3,(H,15,16,17). The Morgan fingerprint density at radius 1 is 1.37 bits per heavy atom. The molecule has 7 heteroatoms. The molecule has 19 heavy (non-hydrogen) atoms. The Kier molecular flexibility index (Phi) is 4.39. The van der Waals surface area contributed by atoms with Crippen LogP contribution < -0.4 is 5.32 Å². The maximum Gasteiger partial charge on any atom is 0.203 e. The first-order valence-corrected chi connectivity index (χ1v) is 6.40. The van der Waals surface area contributed by atoms with Gasteiger partial charge in [0.2, 0.25) is 5.13 Å². The number of methoxy groups -OCH3 is 1. The summed E-state index contributed by atoms with van der Waals surface area (Å²) in [6, 6.07) is 3.62. The van der Waals surface area contributed by atoms with Crippen molar-refractivity contribution in [1.29, 1.82) is 0 Å². The molecule has 102 valence electrons. The van der Waals surface area contributed by atoms with Gasteiger partial charge < -0.3 is 10.1 Å². The van der Waals surface area contributed by atoms with Crippen LogP contribution in [0.1, 0.15) is 24.4 Å². The van der Waals surface area contributed by atoms with Crippen LogP contribution >= 0.6 is 11.5 Å². The van der Waals surface area contributed by atoms with E-state index in [1.54, 1.807) is 7.11 Å². The molecule has 0 spiro atoms. The van der Waals surface area contributed by atoms with Gasteiger partial charge in [0.1, 0.15) is 6.61 Å². The molecule has 1 N–H and O–H groups in total. The quantitative estimate of drug-likeness (QED) is 0.916. The lowest BCUT2D eigenvalue weighted by Crippen LogP contribution is -2.07. The van der Waals surface area contributed by atoms with Gasteiger partial charge in [0, 0.05) is 18.6 Å². The normalized spacial score (nSPS) is 12.4. The molecule has 1 aromatic heterocycles. The number of ether oxygens (including phenoxy) is 1. The van der Waals surface area contributed by atoms with Crippen molar-refractivity contribution in [1.82, 2.24) is 9.36 Å². The van der Waals surface area contributed by atoms with Gasteiger partial charge >= 0.3 is 0 Å². The monoisotopic (exact) mass is 285 g/mol. The predicted octanol–water partition coefficient (Wildman–Crippen LogP) is 3.14. The van der Waals surface area contributed by atoms with Gasteiger partial charge in [0.25, 0.3) is 0 Å². The molecule has 2 aromatic rings. The van der Waals surface area contributed by atoms with Gasteiger partial charge in [0.15, 0.2) is 17.5 Å². The maximum absolute atomic E-state index is 13.1. The van der Waals surface area contributed by atoms with Crippen LogP contribution in [-0.2, 0) is 11.3 Å². The van der Waals surface area contributed by atoms with Crippen molar-refractivity contribution in [2.45, 2.75) is 19.6 Å². The molecule has 0 bridgehead atoms. The van der Waals surface area contributed by atoms with Crippen molar-refractivity contribution in [2.75, 3.05) is 12.4 Å². The highest BCUT2D eigenvalue weighted by molar-refractivity contribution is 7.09. The Bertz CT molecular complexity index is 562. The number of hydrogen-bond acceptors (Lipinski definition) is 5. The smallest absolute Gasteiger partial charge is 0.203 e. The summed E-state index contributed by atoms with van der Waals surface area (Å²) in [5.74, 6) is -1.12. The van der Waals surface area contributed by atoms with E-state index in [9.17, 15) is 8.78 Å². The van der Waals surface area contributed by atoms with Crippen molar-refractivity contribution in [2.24, 2.45) is 0 Å². The number of nitrogens with zero attached hydrogens (tertiary/aromatic N) is 2. The van der Waals surface area contributed by atoms with E-state index in [2.05, 4.69) is 14.7 Å². The van der Waals surface area contributed by atoms with E-state index in [0.29, 0.717) is 23.1 Å². The van der Waals surface area contributed by atoms with Gasteiger partial charge in [-0.05, 0) is 24.6 Å². The predicted molar refractivity (Wildman–Crippen MR) is 69.0 cm³/mol. The van der Waals surface area contributed by atoms with Gasteiger partial charge in [-0.15, -0.1) is 0 Å². The van der Waals surface area contributed by atoms with Crippen LogP contribution in [0.4, 0.5) is 13.9 Å². The summed E-state index contributed by atoms with van der Waals surface area (Å²) in [4.78, 5) is 4.21. The second-order valence-electron chi connectivity index (χ2n) is 3.99. The highest BCUT2D eigenvalue weighted by atomic mass is 32.1. The summed E-state index contributed by atoms with van der Waals surface area (Å²) in [7, 11) is 1.57. The number of benzene rings is 1. The topological polar surface area (TPSA) is 47.0 Å². The number of aromatic nitrogens is 2. The van der Waals surface area contributed by atoms with Crippen molar-refractivity contribution < 1.29 is 13.5 Å². The molecule has 0 amide bonds. The molecule has 0 aliphatic carbocycles. The van der Waals surface area contributed by atoms with Gasteiger partial charge in [-0.2, -0.15) is 4.37 Å². The third-order valence-corrected chi connectivity index (χ3v) is 3.21. The molecule has 1 atom stereocenters. The van der Waals surface area contributed by atoms with Gasteiger partial charge in [-0.1, -0.05) is 6.07 Å². The lowest BCUT2D eigenvalue weighted by atomic mass is 10.1. The highest BCUT2D eigenvalue weighted by Crippen LogP contribution is 2.22. The Hall–Kier alpha value is -1.60. The van der Waals surface area contributed by atoms with E-state index in [0.717, 1.165) is 6.07 Å². The second-order valence-corrected chi connectivity index (χ2v) is 4.74. The fourth-order valence-electron chi connectivity index (χ4n) is 1.55. The molecule has 2 rings (SSSR count). The van der Waals surface area contributed by atoms with Crippen LogP contribution in [0.3, 0.4) is 0 Å². The average molecular weight is 285 g/mol. The molecule has 0 aliphatic heterocycles. The summed E-state index contributed by atoms with van der Waals surface area (Å²) < 4.78 is 35.0. The third kappa shape index (κ3) is 3.45. The van der Waals surface area contributed by atoms with E-state index in [1.165, 1.54) is 23.7 Å². The zero-order chi connectivity index (χ0) is 13.8. The van der Waals surface area contributed by atoms with Crippen LogP contribution in [0.2, 0.25) is 0 Å². The molecular formula is C12H13F2N3OS. The maximum atomic E-state index is 13.1. The van der Waals surface area contributed by atoms with Gasteiger partial charge in [-0.3, -0.25) is 0 Å². The van der Waals surface area contributed by atoms with Crippen LogP contribution in [0.5, 0.6) is 0 Å². The Labute approximate surface area is 113 Å². The van der Waals surface area contributed by atoms with E-state index in [4.69, 9.17) is 4.74 Å². The fraction of sp³-hybridized carbons (Fsp3) is 0.333. The number of hydrogen-bond donors (Lipinski definition) is 1. The summed E-state index contributed by atoms with van der Waals surface area (Å²) in [5, 5.41) is 3.70. The Morgan fingerprint density at radius 3 is 2.84 bits per heavy atom. The molecule has 4 nitrogen and oxygen atoms in total. The average Bonchev–Trinajstić information content (AvgIpc) is 2.80. The zero-order valence-corrected chi connectivity index (χ0v) is 11.3. The lowest BCUT2D eigenvalue weighted by molar-refractivity contribution is 0.179. The molecule has 0 saturated carbocycles. The second kappa shape index (κ2) is 6.03. The van der Waals surface area contributed by atoms with Crippen LogP contribution in [0.25, 0.3) is 0 Å². The van der Waals surface area contributed by atoms with Crippen molar-refractivity contribution >= 4 is 16.7 Å². The first kappa shape index (κ1) is 13.8. The van der Waals surface area contributed by atoms with Gasteiger partial charge in [0.05, 0.1) is 6.04 Å². The highest BCUT2D eigenvalue weighted by Gasteiger charge is 2.11. The first-order chi connectivity index (χ1) is 9.10. The van der Waals surface area contributed by atoms with Crippen LogP contribution in [0, 0.1) is 11.6 Å². The molecule has 0 fully saturated rings. The Balaban J connectivity index is 2.06. The van der Waals surface area contributed by atoms with E-state index >= 15 is 0 Å². The minimum absolute atomic E-state index is 0.196. The van der Waals surface area contributed by atoms with Crippen LogP contribution in [0.15, 0.2) is 18.2 Å². The SMILES string of the molecule is COCc1nsc(NC(C)c2ccc(F)c(F)c2)n1. The minimum Gasteiger partial charge on any atom is -0.377 e. The van der Waals surface area contributed by atoms with E-state index in [1.807, 2.05) is 6.92 Å². The first-order valence-electron chi connectivity index (χ1n) is 5.63. The summed E-state index contributed by atoms with van der Waals surface area (Å²) in [6.45, 7) is 2.18. The van der Waals surface area contributed by atoms with Crippen molar-refractivity contribution in [3.05, 3.63) is 41.2 Å². The molecule has 0 radical (unpaired) electrons. The summed E-state index contributed by atoms with van der Waals surface area (Å²) in [5.41, 5.74) is 0.641. The Morgan fingerprint density at radius 2 is 2.16 bits per heavy atom. The van der Waals surface area contributed by atoms with Crippen LogP contribution in [-0.4, -0.2) is 16.5 Å². The number of nitrogens with one attached hydrogen (secondary N) is 1. The minimum atomic E-state index is -0.858. The number of anilines is 1. The zero-order valence-electron chi connectivity index (χ0n) is 10.5.